The van der Waals surface area contributed by atoms with E-state index in [2.05, 4.69) is 9.27 Å². The van der Waals surface area contributed by atoms with Crippen molar-refractivity contribution in [2.45, 2.75) is 31.6 Å². The molecule has 2 N–H and O–H groups in total. The van der Waals surface area contributed by atoms with Crippen molar-refractivity contribution in [1.82, 2.24) is 4.37 Å². The summed E-state index contributed by atoms with van der Waals surface area (Å²) in [5, 5.41) is 1.33. The van der Waals surface area contributed by atoms with Gasteiger partial charge in [-0.05, 0) is 49.1 Å². The standard InChI is InChI=1S/C13H21N3OS/c1-17-8-9-3-2-6-16(7-9)13-11(10-4-5-10)12(14)15-18-13/h9-10H,2-8H2,1H3,(H2,14,15). The molecule has 1 saturated heterocycles. The van der Waals surface area contributed by atoms with Crippen LogP contribution in [-0.2, 0) is 4.74 Å². The SMILES string of the molecule is COCC1CCCN(c2snc(N)c2C2CC2)C1. The number of aromatic nitrogens is 1. The molecule has 1 aliphatic carbocycles. The minimum absolute atomic E-state index is 0.652. The molecule has 3 rings (SSSR count). The van der Waals surface area contributed by atoms with Crippen LogP contribution >= 0.6 is 11.5 Å². The van der Waals surface area contributed by atoms with Crippen molar-refractivity contribution in [3.63, 3.8) is 0 Å². The number of nitrogen functional groups attached to an aromatic ring is 1. The summed E-state index contributed by atoms with van der Waals surface area (Å²) in [7, 11) is 1.79. The third-order valence-corrected chi connectivity index (χ3v) is 4.87. The van der Waals surface area contributed by atoms with Gasteiger partial charge in [0, 0.05) is 25.8 Å². The van der Waals surface area contributed by atoms with Crippen molar-refractivity contribution in [3.05, 3.63) is 5.56 Å². The summed E-state index contributed by atoms with van der Waals surface area (Å²) >= 11 is 1.58. The smallest absolute Gasteiger partial charge is 0.142 e. The maximum atomic E-state index is 6.03. The van der Waals surface area contributed by atoms with Gasteiger partial charge in [0.05, 0.1) is 6.61 Å². The van der Waals surface area contributed by atoms with Gasteiger partial charge in [0.25, 0.3) is 0 Å². The molecule has 0 aromatic carbocycles. The molecule has 0 radical (unpaired) electrons. The zero-order valence-corrected chi connectivity index (χ0v) is 11.7. The van der Waals surface area contributed by atoms with Crippen molar-refractivity contribution in [2.75, 3.05) is 37.4 Å². The van der Waals surface area contributed by atoms with Crippen LogP contribution in [0.5, 0.6) is 0 Å². The van der Waals surface area contributed by atoms with Crippen LogP contribution < -0.4 is 10.6 Å². The minimum Gasteiger partial charge on any atom is -0.384 e. The van der Waals surface area contributed by atoms with Crippen molar-refractivity contribution >= 4 is 22.4 Å². The van der Waals surface area contributed by atoms with Crippen LogP contribution in [-0.4, -0.2) is 31.2 Å². The Morgan fingerprint density at radius 3 is 3.00 bits per heavy atom. The number of nitrogens with two attached hydrogens (primary N) is 1. The van der Waals surface area contributed by atoms with Gasteiger partial charge in [-0.25, -0.2) is 0 Å². The molecule has 2 heterocycles. The Morgan fingerprint density at radius 2 is 2.28 bits per heavy atom. The van der Waals surface area contributed by atoms with Crippen LogP contribution in [0.3, 0.4) is 0 Å². The molecular weight excluding hydrogens is 246 g/mol. The summed E-state index contributed by atoms with van der Waals surface area (Å²) in [5.74, 6) is 2.10. The number of hydrogen-bond acceptors (Lipinski definition) is 5. The van der Waals surface area contributed by atoms with Crippen molar-refractivity contribution in [1.29, 1.82) is 0 Å². The van der Waals surface area contributed by atoms with Gasteiger partial charge in [-0.15, -0.1) is 0 Å². The molecule has 1 aliphatic heterocycles. The van der Waals surface area contributed by atoms with Gasteiger partial charge in [-0.3, -0.25) is 0 Å². The van der Waals surface area contributed by atoms with E-state index in [4.69, 9.17) is 10.5 Å². The molecule has 2 fully saturated rings. The normalized spacial score (nSPS) is 24.5. The topological polar surface area (TPSA) is 51.4 Å². The maximum absolute atomic E-state index is 6.03. The van der Waals surface area contributed by atoms with Crippen LogP contribution in [0.4, 0.5) is 10.8 Å². The Bertz CT molecular complexity index is 414. The zero-order chi connectivity index (χ0) is 12.5. The molecular formula is C13H21N3OS. The fourth-order valence-corrected chi connectivity index (χ4v) is 3.84. The number of nitrogens with zero attached hydrogens (tertiary/aromatic N) is 2. The second-order valence-electron chi connectivity index (χ2n) is 5.47. The second-order valence-corrected chi connectivity index (χ2v) is 6.22. The van der Waals surface area contributed by atoms with Crippen molar-refractivity contribution in [3.8, 4) is 0 Å². The molecule has 0 amide bonds. The first-order valence-electron chi connectivity index (χ1n) is 6.78. The highest BCUT2D eigenvalue weighted by Crippen LogP contribution is 2.49. The monoisotopic (exact) mass is 267 g/mol. The molecule has 18 heavy (non-hydrogen) atoms. The highest BCUT2D eigenvalue weighted by atomic mass is 32.1. The molecule has 100 valence electrons. The fraction of sp³-hybridized carbons (Fsp3) is 0.769. The molecule has 1 saturated carbocycles. The molecule has 1 atom stereocenters. The fourth-order valence-electron chi connectivity index (χ4n) is 2.91. The van der Waals surface area contributed by atoms with E-state index in [1.54, 1.807) is 18.6 Å². The van der Waals surface area contributed by atoms with Crippen LogP contribution in [0.25, 0.3) is 0 Å². The number of methoxy groups -OCH3 is 1. The van der Waals surface area contributed by atoms with E-state index in [1.165, 1.54) is 36.2 Å². The summed E-state index contributed by atoms with van der Waals surface area (Å²) in [5.41, 5.74) is 7.36. The summed E-state index contributed by atoms with van der Waals surface area (Å²) in [6.07, 6.45) is 5.09. The molecule has 4 nitrogen and oxygen atoms in total. The lowest BCUT2D eigenvalue weighted by Crippen LogP contribution is -2.37. The quantitative estimate of drug-likeness (QED) is 0.910. The number of hydrogen-bond donors (Lipinski definition) is 1. The Hall–Kier alpha value is -0.810. The second kappa shape index (κ2) is 5.05. The lowest BCUT2D eigenvalue weighted by Gasteiger charge is -2.33. The van der Waals surface area contributed by atoms with Gasteiger partial charge >= 0.3 is 0 Å². The first-order chi connectivity index (χ1) is 8.79. The third kappa shape index (κ3) is 2.34. The Kier molecular flexibility index (Phi) is 3.43. The number of anilines is 2. The Morgan fingerprint density at radius 1 is 1.44 bits per heavy atom. The predicted molar refractivity (Wildman–Crippen MR) is 75.3 cm³/mol. The number of ether oxygens (including phenoxy) is 1. The van der Waals surface area contributed by atoms with E-state index in [0.29, 0.717) is 11.8 Å². The van der Waals surface area contributed by atoms with Gasteiger partial charge < -0.3 is 15.4 Å². The van der Waals surface area contributed by atoms with Crippen molar-refractivity contribution < 1.29 is 4.74 Å². The van der Waals surface area contributed by atoms with Gasteiger partial charge in [0.15, 0.2) is 0 Å². The third-order valence-electron chi connectivity index (χ3n) is 3.93. The van der Waals surface area contributed by atoms with Crippen LogP contribution in [0.1, 0.15) is 37.2 Å². The first kappa shape index (κ1) is 12.2. The van der Waals surface area contributed by atoms with E-state index in [0.717, 1.165) is 25.5 Å². The summed E-state index contributed by atoms with van der Waals surface area (Å²) in [6, 6.07) is 0. The first-order valence-corrected chi connectivity index (χ1v) is 7.56. The molecule has 0 bridgehead atoms. The van der Waals surface area contributed by atoms with Crippen LogP contribution in [0, 0.1) is 5.92 Å². The summed E-state index contributed by atoms with van der Waals surface area (Å²) in [4.78, 5) is 2.48. The molecule has 2 aliphatic rings. The van der Waals surface area contributed by atoms with Gasteiger partial charge in [0.2, 0.25) is 0 Å². The van der Waals surface area contributed by atoms with E-state index in [9.17, 15) is 0 Å². The average Bonchev–Trinajstić information content (AvgIpc) is 3.13. The van der Waals surface area contributed by atoms with E-state index in [-0.39, 0.29) is 0 Å². The molecule has 1 aromatic heterocycles. The summed E-state index contributed by atoms with van der Waals surface area (Å²) < 4.78 is 9.67. The van der Waals surface area contributed by atoms with Crippen LogP contribution in [0.15, 0.2) is 0 Å². The van der Waals surface area contributed by atoms with E-state index < -0.39 is 0 Å². The minimum atomic E-state index is 0.652. The Balaban J connectivity index is 1.77. The van der Waals surface area contributed by atoms with E-state index >= 15 is 0 Å². The molecule has 5 heteroatoms. The largest absolute Gasteiger partial charge is 0.384 e. The summed E-state index contributed by atoms with van der Waals surface area (Å²) in [6.45, 7) is 3.10. The Labute approximate surface area is 112 Å². The van der Waals surface area contributed by atoms with E-state index in [1.807, 2.05) is 0 Å². The maximum Gasteiger partial charge on any atom is 0.142 e. The lowest BCUT2D eigenvalue weighted by atomic mass is 9.99. The average molecular weight is 267 g/mol. The van der Waals surface area contributed by atoms with Gasteiger partial charge in [0.1, 0.15) is 10.8 Å². The van der Waals surface area contributed by atoms with Crippen LogP contribution in [0.2, 0.25) is 0 Å². The highest BCUT2D eigenvalue weighted by Gasteiger charge is 2.33. The molecule has 1 unspecified atom stereocenters. The predicted octanol–water partition coefficient (Wildman–Crippen LogP) is 2.47. The molecule has 0 spiro atoms. The number of piperidine rings is 1. The van der Waals surface area contributed by atoms with Gasteiger partial charge in [-0.1, -0.05) is 0 Å². The van der Waals surface area contributed by atoms with Gasteiger partial charge in [-0.2, -0.15) is 4.37 Å². The van der Waals surface area contributed by atoms with Crippen molar-refractivity contribution in [2.24, 2.45) is 5.92 Å². The highest BCUT2D eigenvalue weighted by molar-refractivity contribution is 7.10. The lowest BCUT2D eigenvalue weighted by molar-refractivity contribution is 0.143. The number of rotatable bonds is 4. The molecule has 1 aromatic rings. The zero-order valence-electron chi connectivity index (χ0n) is 10.9.